The summed E-state index contributed by atoms with van der Waals surface area (Å²) in [6.45, 7) is 10.8. The van der Waals surface area contributed by atoms with E-state index in [0.717, 1.165) is 17.7 Å². The van der Waals surface area contributed by atoms with Gasteiger partial charge >= 0.3 is 0 Å². The Bertz CT molecular complexity index is 2400. The molecule has 1 aliphatic carbocycles. The number of nitrogens with zero attached hydrogens (tertiary/aromatic N) is 2. The van der Waals surface area contributed by atoms with E-state index in [-0.39, 0.29) is 11.3 Å². The Morgan fingerprint density at radius 2 is 1.31 bits per heavy atom. The first kappa shape index (κ1) is 35.3. The van der Waals surface area contributed by atoms with Crippen molar-refractivity contribution in [2.45, 2.75) is 32.7 Å². The first-order chi connectivity index (χ1) is 25.2. The summed E-state index contributed by atoms with van der Waals surface area (Å²) in [6, 6.07) is 56.6. The fraction of sp³-hybridized carbons (Fsp3) is 0.104. The number of nitriles is 1. The molecular weight excluding hydrogens is 633 g/mol. The van der Waals surface area contributed by atoms with Crippen LogP contribution in [-0.2, 0) is 12.0 Å². The van der Waals surface area contributed by atoms with Crippen molar-refractivity contribution in [2.75, 3.05) is 0 Å². The van der Waals surface area contributed by atoms with Crippen LogP contribution in [0, 0.1) is 23.7 Å². The van der Waals surface area contributed by atoms with Crippen molar-refractivity contribution in [2.24, 2.45) is 10.7 Å². The first-order valence-electron chi connectivity index (χ1n) is 17.3. The van der Waals surface area contributed by atoms with Gasteiger partial charge in [0.15, 0.2) is 0 Å². The van der Waals surface area contributed by atoms with Gasteiger partial charge in [-0.1, -0.05) is 153 Å². The maximum absolute atomic E-state index is 9.46. The Morgan fingerprint density at radius 1 is 0.673 bits per heavy atom. The van der Waals surface area contributed by atoms with Crippen LogP contribution >= 0.6 is 0 Å². The van der Waals surface area contributed by atoms with Gasteiger partial charge in [-0.05, 0) is 98.8 Å². The predicted molar refractivity (Wildman–Crippen MR) is 219 cm³/mol. The number of nitrogens with one attached hydrogen (secondary N) is 1. The highest BCUT2D eigenvalue weighted by Crippen LogP contribution is 2.52. The summed E-state index contributed by atoms with van der Waals surface area (Å²) in [5.74, 6) is 0.121. The van der Waals surface area contributed by atoms with Gasteiger partial charge in [0, 0.05) is 11.0 Å². The Labute approximate surface area is 307 Å². The molecule has 0 saturated heterocycles. The molecule has 0 fully saturated rings. The number of aryl methyl sites for hydroxylation is 1. The normalized spacial score (nSPS) is 11.8. The fourth-order valence-corrected chi connectivity index (χ4v) is 6.77. The second kappa shape index (κ2) is 15.5. The van der Waals surface area contributed by atoms with Gasteiger partial charge in [0.25, 0.3) is 0 Å². The summed E-state index contributed by atoms with van der Waals surface area (Å²) in [7, 11) is 0. The molecule has 3 N–H and O–H groups in total. The number of nitrogens with two attached hydrogens (primary N) is 1. The molecule has 4 nitrogen and oxygen atoms in total. The zero-order chi connectivity index (χ0) is 36.7. The molecule has 0 atom stereocenters. The molecule has 0 bridgehead atoms. The van der Waals surface area contributed by atoms with Gasteiger partial charge < -0.3 is 5.73 Å². The minimum absolute atomic E-state index is 0.121. The summed E-state index contributed by atoms with van der Waals surface area (Å²) >= 11 is 0. The minimum atomic E-state index is -0.136. The largest absolute Gasteiger partial charge is 0.384 e. The van der Waals surface area contributed by atoms with Gasteiger partial charge in [0.1, 0.15) is 5.84 Å². The summed E-state index contributed by atoms with van der Waals surface area (Å²) in [4.78, 5) is 3.76. The molecule has 0 amide bonds. The second-order valence-electron chi connectivity index (χ2n) is 13.5. The maximum Gasteiger partial charge on any atom is 0.122 e. The SMILES string of the molecule is C=NCc1ccccc1.Cc1ccc(-c2ccc3ccc(-c4cccc5c4-c4ccc(C#N)cc4C5(C)C)cc3c2)cc1.N=C(N)c1ccccc1. The van der Waals surface area contributed by atoms with Gasteiger partial charge in [0.05, 0.1) is 18.2 Å². The maximum atomic E-state index is 9.46. The smallest absolute Gasteiger partial charge is 0.122 e. The van der Waals surface area contributed by atoms with Crippen molar-refractivity contribution in [3.63, 3.8) is 0 Å². The van der Waals surface area contributed by atoms with Crippen molar-refractivity contribution >= 4 is 23.3 Å². The molecule has 0 radical (unpaired) electrons. The van der Waals surface area contributed by atoms with Crippen LogP contribution in [0.15, 0.2) is 163 Å². The van der Waals surface area contributed by atoms with Crippen LogP contribution in [0.2, 0.25) is 0 Å². The number of rotatable bonds is 5. The van der Waals surface area contributed by atoms with E-state index < -0.39 is 0 Å². The molecular formula is C48H42N4. The summed E-state index contributed by atoms with van der Waals surface area (Å²) in [5.41, 5.74) is 19.1. The molecule has 7 aromatic carbocycles. The van der Waals surface area contributed by atoms with Crippen LogP contribution in [0.25, 0.3) is 44.2 Å². The molecule has 1 aliphatic rings. The van der Waals surface area contributed by atoms with E-state index in [0.29, 0.717) is 0 Å². The average Bonchev–Trinajstić information content (AvgIpc) is 3.41. The van der Waals surface area contributed by atoms with E-state index >= 15 is 0 Å². The fourth-order valence-electron chi connectivity index (χ4n) is 6.77. The van der Waals surface area contributed by atoms with E-state index in [1.165, 1.54) is 66.4 Å². The second-order valence-corrected chi connectivity index (χ2v) is 13.5. The number of fused-ring (bicyclic) bond motifs is 4. The lowest BCUT2D eigenvalue weighted by molar-refractivity contribution is 0.660. The molecule has 0 heterocycles. The van der Waals surface area contributed by atoms with E-state index in [4.69, 9.17) is 11.1 Å². The lowest BCUT2D eigenvalue weighted by atomic mass is 9.81. The van der Waals surface area contributed by atoms with Gasteiger partial charge in [-0.25, -0.2) is 0 Å². The Hall–Kier alpha value is -6.57. The number of nitrogen functional groups attached to an aromatic ring is 1. The van der Waals surface area contributed by atoms with E-state index in [1.54, 1.807) is 0 Å². The van der Waals surface area contributed by atoms with Crippen molar-refractivity contribution in [3.8, 4) is 39.4 Å². The molecule has 254 valence electrons. The van der Waals surface area contributed by atoms with E-state index in [2.05, 4.69) is 130 Å². The number of aliphatic imine (C=N–C) groups is 1. The van der Waals surface area contributed by atoms with Crippen LogP contribution in [0.1, 0.15) is 47.2 Å². The van der Waals surface area contributed by atoms with E-state index in [9.17, 15) is 5.26 Å². The Balaban J connectivity index is 0.000000211. The Kier molecular flexibility index (Phi) is 10.5. The van der Waals surface area contributed by atoms with Crippen LogP contribution in [0.4, 0.5) is 0 Å². The Morgan fingerprint density at radius 3 is 1.94 bits per heavy atom. The zero-order valence-corrected chi connectivity index (χ0v) is 29.9. The van der Waals surface area contributed by atoms with Crippen molar-refractivity contribution < 1.29 is 0 Å². The third-order valence-electron chi connectivity index (χ3n) is 9.59. The summed E-state index contributed by atoms with van der Waals surface area (Å²) < 4.78 is 0. The van der Waals surface area contributed by atoms with Crippen LogP contribution in [-0.4, -0.2) is 12.6 Å². The number of hydrogen-bond acceptors (Lipinski definition) is 3. The lowest BCUT2D eigenvalue weighted by Gasteiger charge is -2.21. The molecule has 7 aromatic rings. The van der Waals surface area contributed by atoms with Gasteiger partial charge in [-0.3, -0.25) is 10.4 Å². The quantitative estimate of drug-likeness (QED) is 0.141. The molecule has 52 heavy (non-hydrogen) atoms. The highest BCUT2D eigenvalue weighted by atomic mass is 14.7. The third kappa shape index (κ3) is 7.60. The van der Waals surface area contributed by atoms with Crippen molar-refractivity contribution in [3.05, 3.63) is 191 Å². The highest BCUT2D eigenvalue weighted by molar-refractivity contribution is 5.97. The van der Waals surface area contributed by atoms with Gasteiger partial charge in [-0.15, -0.1) is 0 Å². The van der Waals surface area contributed by atoms with Gasteiger partial charge in [0.2, 0.25) is 0 Å². The van der Waals surface area contributed by atoms with Crippen molar-refractivity contribution in [1.29, 1.82) is 10.7 Å². The summed E-state index contributed by atoms with van der Waals surface area (Å²) in [5, 5.41) is 19.0. The number of benzene rings is 7. The number of amidine groups is 1. The molecule has 4 heteroatoms. The molecule has 0 unspecified atom stereocenters. The average molecular weight is 675 g/mol. The number of hydrogen-bond donors (Lipinski definition) is 2. The highest BCUT2D eigenvalue weighted by Gasteiger charge is 2.37. The molecule has 0 aliphatic heterocycles. The first-order valence-corrected chi connectivity index (χ1v) is 17.3. The zero-order valence-electron chi connectivity index (χ0n) is 29.9. The van der Waals surface area contributed by atoms with Crippen molar-refractivity contribution in [1.82, 2.24) is 0 Å². The molecule has 0 saturated carbocycles. The standard InChI is InChI=1S/C33H25N.C8H9N.C7H8N2/c1-21-7-10-23(11-8-21)25-14-12-24-13-15-26(19-27(24)18-25)28-5-4-6-30-32(28)29-16-9-22(20-34)17-31(29)33(30,2)3;1-9-7-8-5-3-2-4-6-8;8-7(9)6-4-2-1-3-5-6/h4-19H,1-3H3;2-6H,1,7H2;1-5H,(H3,8,9). The molecule has 0 aromatic heterocycles. The predicted octanol–water partition coefficient (Wildman–Crippen LogP) is 11.5. The van der Waals surface area contributed by atoms with E-state index in [1.807, 2.05) is 66.7 Å². The van der Waals surface area contributed by atoms with Crippen LogP contribution in [0.3, 0.4) is 0 Å². The summed E-state index contributed by atoms with van der Waals surface area (Å²) in [6.07, 6.45) is 0. The molecule has 8 rings (SSSR count). The monoisotopic (exact) mass is 674 g/mol. The van der Waals surface area contributed by atoms with Crippen LogP contribution < -0.4 is 5.73 Å². The molecule has 0 spiro atoms. The lowest BCUT2D eigenvalue weighted by Crippen LogP contribution is -2.15. The van der Waals surface area contributed by atoms with Crippen LogP contribution in [0.5, 0.6) is 0 Å². The topological polar surface area (TPSA) is 86.0 Å². The minimum Gasteiger partial charge on any atom is -0.384 e. The third-order valence-corrected chi connectivity index (χ3v) is 9.59. The van der Waals surface area contributed by atoms with Gasteiger partial charge in [-0.2, -0.15) is 5.26 Å².